The quantitative estimate of drug-likeness (QED) is 0.683. The molecule has 5 rings (SSSR count). The van der Waals surface area contributed by atoms with Gasteiger partial charge in [-0.05, 0) is 49.4 Å². The smallest absolute Gasteiger partial charge is 0.408 e. The molecule has 0 amide bonds. The average molecular weight is 415 g/mol. The van der Waals surface area contributed by atoms with Gasteiger partial charge in [-0.2, -0.15) is 9.40 Å². The number of aromatic nitrogens is 3. The van der Waals surface area contributed by atoms with Crippen LogP contribution in [0, 0.1) is 0 Å². The Morgan fingerprint density at radius 1 is 1.17 bits per heavy atom. The molecule has 3 aromatic rings. The fourth-order valence-electron chi connectivity index (χ4n) is 3.95. The molecule has 0 bridgehead atoms. The van der Waals surface area contributed by atoms with E-state index in [1.54, 1.807) is 7.05 Å². The average Bonchev–Trinajstić information content (AvgIpc) is 3.05. The zero-order chi connectivity index (χ0) is 20.2. The van der Waals surface area contributed by atoms with E-state index in [0.29, 0.717) is 18.6 Å². The van der Waals surface area contributed by atoms with Crippen LogP contribution in [0.4, 0.5) is 5.82 Å². The van der Waals surface area contributed by atoms with Crippen LogP contribution in [0.3, 0.4) is 0 Å². The van der Waals surface area contributed by atoms with Gasteiger partial charge in [-0.3, -0.25) is 4.98 Å². The van der Waals surface area contributed by atoms with E-state index in [0.717, 1.165) is 30.8 Å². The van der Waals surface area contributed by atoms with Crippen molar-refractivity contribution >= 4 is 26.9 Å². The number of benzene rings is 1. The van der Waals surface area contributed by atoms with Crippen molar-refractivity contribution in [1.82, 2.24) is 19.5 Å². The second kappa shape index (κ2) is 6.67. The molecule has 9 nitrogen and oxygen atoms in total. The van der Waals surface area contributed by atoms with Gasteiger partial charge in [-0.1, -0.05) is 0 Å². The van der Waals surface area contributed by atoms with Gasteiger partial charge in [0, 0.05) is 26.2 Å². The summed E-state index contributed by atoms with van der Waals surface area (Å²) in [4.78, 5) is 16.0. The Balaban J connectivity index is 1.32. The van der Waals surface area contributed by atoms with E-state index in [-0.39, 0.29) is 16.5 Å². The predicted octanol–water partition coefficient (Wildman–Crippen LogP) is 1.30. The molecule has 1 N–H and O–H groups in total. The SMILES string of the molecule is CN(C1CN(c2cc3c(nn2)CCCC3)C1)S(=O)(=O)c1ccc2[nH]c(=O)oc2c1. The van der Waals surface area contributed by atoms with Crippen LogP contribution >= 0.6 is 0 Å². The molecule has 0 atom stereocenters. The molecule has 1 fully saturated rings. The van der Waals surface area contributed by atoms with Gasteiger partial charge in [0.15, 0.2) is 11.4 Å². The Kier molecular flexibility index (Phi) is 4.21. The zero-order valence-electron chi connectivity index (χ0n) is 16.0. The summed E-state index contributed by atoms with van der Waals surface area (Å²) >= 11 is 0. The number of nitrogens with one attached hydrogen (secondary N) is 1. The van der Waals surface area contributed by atoms with Crippen LogP contribution in [0.25, 0.3) is 11.1 Å². The van der Waals surface area contributed by atoms with Crippen molar-refractivity contribution in [1.29, 1.82) is 0 Å². The minimum atomic E-state index is -3.71. The third-order valence-electron chi connectivity index (χ3n) is 5.83. The number of nitrogens with zero attached hydrogens (tertiary/aromatic N) is 4. The molecule has 1 saturated heterocycles. The highest BCUT2D eigenvalue weighted by Crippen LogP contribution is 2.28. The maximum Gasteiger partial charge on any atom is 0.417 e. The number of H-pyrrole nitrogens is 1. The number of rotatable bonds is 4. The lowest BCUT2D eigenvalue weighted by Gasteiger charge is -2.43. The molecule has 0 spiro atoms. The first-order valence-corrected chi connectivity index (χ1v) is 11.1. The predicted molar refractivity (Wildman–Crippen MR) is 106 cm³/mol. The van der Waals surface area contributed by atoms with E-state index in [2.05, 4.69) is 21.2 Å². The lowest BCUT2D eigenvalue weighted by atomic mass is 9.96. The number of hydrogen-bond donors (Lipinski definition) is 1. The molecule has 1 aliphatic heterocycles. The van der Waals surface area contributed by atoms with Crippen molar-refractivity contribution in [3.63, 3.8) is 0 Å². The number of fused-ring (bicyclic) bond motifs is 2. The van der Waals surface area contributed by atoms with Gasteiger partial charge in [-0.25, -0.2) is 13.2 Å². The van der Waals surface area contributed by atoms with Crippen LogP contribution < -0.4 is 10.7 Å². The molecule has 10 heteroatoms. The molecular weight excluding hydrogens is 394 g/mol. The van der Waals surface area contributed by atoms with E-state index in [4.69, 9.17) is 4.42 Å². The van der Waals surface area contributed by atoms with E-state index in [9.17, 15) is 13.2 Å². The Bertz CT molecular complexity index is 1240. The lowest BCUT2D eigenvalue weighted by molar-refractivity contribution is 0.309. The Morgan fingerprint density at radius 3 is 2.79 bits per heavy atom. The van der Waals surface area contributed by atoms with Crippen LogP contribution in [-0.4, -0.2) is 54.1 Å². The van der Waals surface area contributed by atoms with E-state index in [1.807, 2.05) is 4.90 Å². The van der Waals surface area contributed by atoms with Crippen LogP contribution in [0.15, 0.2) is 38.4 Å². The summed E-state index contributed by atoms with van der Waals surface area (Å²) in [7, 11) is -2.13. The van der Waals surface area contributed by atoms with Crippen molar-refractivity contribution < 1.29 is 12.8 Å². The third-order valence-corrected chi connectivity index (χ3v) is 7.73. The van der Waals surface area contributed by atoms with Gasteiger partial charge in [0.25, 0.3) is 0 Å². The second-order valence-corrected chi connectivity index (χ2v) is 9.63. The van der Waals surface area contributed by atoms with Crippen molar-refractivity contribution in [2.75, 3.05) is 25.0 Å². The first kappa shape index (κ1) is 18.3. The summed E-state index contributed by atoms with van der Waals surface area (Å²) in [6.45, 7) is 1.12. The van der Waals surface area contributed by atoms with Crippen LogP contribution in [0.1, 0.15) is 24.1 Å². The van der Waals surface area contributed by atoms with E-state index < -0.39 is 15.8 Å². The number of aryl methyl sites for hydroxylation is 2. The minimum Gasteiger partial charge on any atom is -0.408 e. The van der Waals surface area contributed by atoms with Gasteiger partial charge in [0.2, 0.25) is 10.0 Å². The number of aromatic amines is 1. The molecule has 1 aromatic carbocycles. The monoisotopic (exact) mass is 415 g/mol. The number of likely N-dealkylation sites (N-methyl/N-ethyl adjacent to an activating group) is 1. The summed E-state index contributed by atoms with van der Waals surface area (Å²) < 4.78 is 32.4. The molecule has 0 radical (unpaired) electrons. The molecule has 152 valence electrons. The zero-order valence-corrected chi connectivity index (χ0v) is 16.8. The van der Waals surface area contributed by atoms with Crippen molar-refractivity contribution in [3.05, 3.63) is 46.1 Å². The highest BCUT2D eigenvalue weighted by Gasteiger charge is 2.37. The standard InChI is InChI=1S/C19H21N5O4S/c1-23(29(26,27)14-6-7-16-17(9-14)28-19(25)20-16)13-10-24(11-13)18-8-12-4-2-3-5-15(12)21-22-18/h6-9,13H,2-5,10-11H2,1H3,(H,20,25). The fourth-order valence-corrected chi connectivity index (χ4v) is 5.31. The van der Waals surface area contributed by atoms with Crippen LogP contribution in [-0.2, 0) is 22.9 Å². The van der Waals surface area contributed by atoms with Gasteiger partial charge < -0.3 is 9.32 Å². The van der Waals surface area contributed by atoms with Crippen molar-refractivity contribution in [3.8, 4) is 0 Å². The summed E-state index contributed by atoms with van der Waals surface area (Å²) in [6, 6.07) is 6.33. The maximum absolute atomic E-state index is 13.0. The molecule has 1 aliphatic carbocycles. The highest BCUT2D eigenvalue weighted by molar-refractivity contribution is 7.89. The highest BCUT2D eigenvalue weighted by atomic mass is 32.2. The topological polar surface area (TPSA) is 112 Å². The summed E-state index contributed by atoms with van der Waals surface area (Å²) in [5.74, 6) is 0.201. The normalized spacial score (nSPS) is 17.5. The Hall–Kier alpha value is -2.72. The van der Waals surface area contributed by atoms with Crippen LogP contribution in [0.5, 0.6) is 0 Å². The molecule has 2 aliphatic rings. The molecule has 0 unspecified atom stereocenters. The Morgan fingerprint density at radius 2 is 1.97 bits per heavy atom. The van der Waals surface area contributed by atoms with Gasteiger partial charge in [-0.15, -0.1) is 5.10 Å². The first-order valence-electron chi connectivity index (χ1n) is 9.63. The van der Waals surface area contributed by atoms with Crippen molar-refractivity contribution in [2.24, 2.45) is 0 Å². The van der Waals surface area contributed by atoms with Gasteiger partial charge in [0.05, 0.1) is 22.1 Å². The fraction of sp³-hybridized carbons (Fsp3) is 0.421. The van der Waals surface area contributed by atoms with Crippen molar-refractivity contribution in [2.45, 2.75) is 36.6 Å². The number of hydrogen-bond acceptors (Lipinski definition) is 7. The van der Waals surface area contributed by atoms with Gasteiger partial charge >= 0.3 is 5.76 Å². The summed E-state index contributed by atoms with van der Waals surface area (Å²) in [6.07, 6.45) is 4.35. The molecular formula is C19H21N5O4S. The van der Waals surface area contributed by atoms with Gasteiger partial charge in [0.1, 0.15) is 0 Å². The number of sulfonamides is 1. The third kappa shape index (κ3) is 3.12. The molecule has 0 saturated carbocycles. The number of oxazole rings is 1. The largest absolute Gasteiger partial charge is 0.417 e. The molecule has 2 aromatic heterocycles. The first-order chi connectivity index (χ1) is 13.9. The lowest BCUT2D eigenvalue weighted by Crippen LogP contribution is -2.60. The Labute approximate surface area is 167 Å². The second-order valence-electron chi connectivity index (χ2n) is 7.63. The minimum absolute atomic E-state index is 0.0993. The molecule has 29 heavy (non-hydrogen) atoms. The summed E-state index contributed by atoms with van der Waals surface area (Å²) in [5.41, 5.74) is 3.04. The van der Waals surface area contributed by atoms with E-state index in [1.165, 1.54) is 34.5 Å². The molecule has 3 heterocycles. The van der Waals surface area contributed by atoms with Crippen LogP contribution in [0.2, 0.25) is 0 Å². The maximum atomic E-state index is 13.0. The van der Waals surface area contributed by atoms with E-state index >= 15 is 0 Å². The number of anilines is 1. The summed E-state index contributed by atoms with van der Waals surface area (Å²) in [5, 5.41) is 8.68.